The van der Waals surface area contributed by atoms with Crippen LogP contribution in [-0.4, -0.2) is 26.2 Å². The number of carboxylic acid groups (broad SMARTS) is 1. The topological polar surface area (TPSA) is 92.0 Å². The zero-order chi connectivity index (χ0) is 11.7. The SMILES string of the molecule is CC(C)c1onc(-c2cnc[nH]2)c1C(=O)O. The Morgan fingerprint density at radius 2 is 2.31 bits per heavy atom. The monoisotopic (exact) mass is 221 g/mol. The molecule has 16 heavy (non-hydrogen) atoms. The predicted octanol–water partition coefficient (Wildman–Crippen LogP) is 1.89. The highest BCUT2D eigenvalue weighted by atomic mass is 16.5. The van der Waals surface area contributed by atoms with Gasteiger partial charge in [0.25, 0.3) is 0 Å². The van der Waals surface area contributed by atoms with E-state index in [0.717, 1.165) is 0 Å². The molecule has 2 aromatic heterocycles. The van der Waals surface area contributed by atoms with Crippen LogP contribution < -0.4 is 0 Å². The lowest BCUT2D eigenvalue weighted by molar-refractivity contribution is 0.0694. The van der Waals surface area contributed by atoms with Crippen LogP contribution in [0.2, 0.25) is 0 Å². The minimum atomic E-state index is -1.05. The van der Waals surface area contributed by atoms with Crippen molar-refractivity contribution in [2.45, 2.75) is 19.8 Å². The highest BCUT2D eigenvalue weighted by Crippen LogP contribution is 2.28. The fraction of sp³-hybridized carbons (Fsp3) is 0.300. The second kappa shape index (κ2) is 3.80. The van der Waals surface area contributed by atoms with E-state index in [-0.39, 0.29) is 17.2 Å². The standard InChI is InChI=1S/C10H11N3O3/c1-5(2)9-7(10(14)15)8(13-16-9)6-3-11-4-12-6/h3-5H,1-2H3,(H,11,12)(H,14,15). The molecule has 0 radical (unpaired) electrons. The van der Waals surface area contributed by atoms with Crippen LogP contribution in [0.5, 0.6) is 0 Å². The van der Waals surface area contributed by atoms with Gasteiger partial charge in [-0.3, -0.25) is 0 Å². The van der Waals surface area contributed by atoms with Crippen LogP contribution in [0.25, 0.3) is 11.4 Å². The summed E-state index contributed by atoms with van der Waals surface area (Å²) >= 11 is 0. The maximum Gasteiger partial charge on any atom is 0.341 e. The number of nitrogens with zero attached hydrogens (tertiary/aromatic N) is 2. The second-order valence-electron chi connectivity index (χ2n) is 3.70. The number of carbonyl (C=O) groups is 1. The number of nitrogens with one attached hydrogen (secondary N) is 1. The molecular weight excluding hydrogens is 210 g/mol. The zero-order valence-electron chi connectivity index (χ0n) is 8.89. The molecule has 0 bridgehead atoms. The Balaban J connectivity index is 2.59. The van der Waals surface area contributed by atoms with Crippen molar-refractivity contribution in [1.29, 1.82) is 0 Å². The number of aromatic amines is 1. The molecule has 2 heterocycles. The first kappa shape index (κ1) is 10.4. The van der Waals surface area contributed by atoms with Gasteiger partial charge >= 0.3 is 5.97 Å². The summed E-state index contributed by atoms with van der Waals surface area (Å²) in [4.78, 5) is 17.8. The van der Waals surface area contributed by atoms with Crippen LogP contribution in [0.4, 0.5) is 0 Å². The van der Waals surface area contributed by atoms with E-state index >= 15 is 0 Å². The van der Waals surface area contributed by atoms with E-state index < -0.39 is 5.97 Å². The minimum Gasteiger partial charge on any atom is -0.477 e. The minimum absolute atomic E-state index is 0.0322. The Kier molecular flexibility index (Phi) is 2.47. The molecular formula is C10H11N3O3. The number of imidazole rings is 1. The van der Waals surface area contributed by atoms with Crippen molar-refractivity contribution in [3.8, 4) is 11.4 Å². The molecule has 6 heteroatoms. The first-order valence-corrected chi connectivity index (χ1v) is 4.83. The average molecular weight is 221 g/mol. The molecule has 0 unspecified atom stereocenters. The molecule has 0 saturated heterocycles. The van der Waals surface area contributed by atoms with Crippen molar-refractivity contribution in [3.63, 3.8) is 0 Å². The van der Waals surface area contributed by atoms with E-state index in [0.29, 0.717) is 11.5 Å². The van der Waals surface area contributed by atoms with Gasteiger partial charge < -0.3 is 14.6 Å². The van der Waals surface area contributed by atoms with Crippen LogP contribution in [-0.2, 0) is 0 Å². The quantitative estimate of drug-likeness (QED) is 0.825. The molecule has 84 valence electrons. The number of carboxylic acids is 1. The molecule has 2 rings (SSSR count). The molecule has 0 aliphatic rings. The Labute approximate surface area is 91.3 Å². The van der Waals surface area contributed by atoms with Crippen LogP contribution >= 0.6 is 0 Å². The zero-order valence-corrected chi connectivity index (χ0v) is 8.89. The van der Waals surface area contributed by atoms with Gasteiger partial charge in [0.1, 0.15) is 11.3 Å². The smallest absolute Gasteiger partial charge is 0.341 e. The predicted molar refractivity (Wildman–Crippen MR) is 55.1 cm³/mol. The summed E-state index contributed by atoms with van der Waals surface area (Å²) in [6.07, 6.45) is 2.97. The number of hydrogen-bond donors (Lipinski definition) is 2. The third kappa shape index (κ3) is 1.58. The fourth-order valence-corrected chi connectivity index (χ4v) is 1.47. The van der Waals surface area contributed by atoms with Gasteiger partial charge in [0, 0.05) is 5.92 Å². The van der Waals surface area contributed by atoms with Crippen molar-refractivity contribution >= 4 is 5.97 Å². The van der Waals surface area contributed by atoms with Crippen molar-refractivity contribution in [3.05, 3.63) is 23.8 Å². The molecule has 0 aromatic carbocycles. The molecule has 2 aromatic rings. The second-order valence-corrected chi connectivity index (χ2v) is 3.70. The lowest BCUT2D eigenvalue weighted by atomic mass is 10.0. The summed E-state index contributed by atoms with van der Waals surface area (Å²) in [5.74, 6) is -0.707. The first-order valence-electron chi connectivity index (χ1n) is 4.83. The number of aromatic carboxylic acids is 1. The third-order valence-corrected chi connectivity index (χ3v) is 2.21. The molecule has 0 spiro atoms. The summed E-state index contributed by atoms with van der Waals surface area (Å²) in [5, 5.41) is 12.9. The molecule has 0 aliphatic carbocycles. The summed E-state index contributed by atoms with van der Waals surface area (Å²) < 4.78 is 5.06. The Morgan fingerprint density at radius 1 is 1.56 bits per heavy atom. The maximum atomic E-state index is 11.2. The van der Waals surface area contributed by atoms with Gasteiger partial charge in [0.15, 0.2) is 5.76 Å². The maximum absolute atomic E-state index is 11.2. The van der Waals surface area contributed by atoms with Gasteiger partial charge in [-0.1, -0.05) is 19.0 Å². The van der Waals surface area contributed by atoms with Gasteiger partial charge in [-0.25, -0.2) is 9.78 Å². The molecule has 0 aliphatic heterocycles. The van der Waals surface area contributed by atoms with E-state index in [2.05, 4.69) is 15.1 Å². The van der Waals surface area contributed by atoms with Gasteiger partial charge in [-0.15, -0.1) is 0 Å². The van der Waals surface area contributed by atoms with Gasteiger partial charge in [-0.2, -0.15) is 0 Å². The lowest BCUT2D eigenvalue weighted by Gasteiger charge is -2.00. The first-order chi connectivity index (χ1) is 7.61. The molecule has 0 amide bonds. The fourth-order valence-electron chi connectivity index (χ4n) is 1.47. The molecule has 0 atom stereocenters. The lowest BCUT2D eigenvalue weighted by Crippen LogP contribution is -2.02. The Bertz CT molecular complexity index is 499. The normalized spacial score (nSPS) is 10.9. The van der Waals surface area contributed by atoms with Crippen molar-refractivity contribution in [2.24, 2.45) is 0 Å². The summed E-state index contributed by atoms with van der Waals surface area (Å²) in [5.41, 5.74) is 0.918. The van der Waals surface area contributed by atoms with Crippen LogP contribution in [0.15, 0.2) is 17.0 Å². The number of aromatic nitrogens is 3. The van der Waals surface area contributed by atoms with E-state index in [1.807, 2.05) is 13.8 Å². The molecule has 0 fully saturated rings. The van der Waals surface area contributed by atoms with Crippen LogP contribution in [0, 0.1) is 0 Å². The summed E-state index contributed by atoms with van der Waals surface area (Å²) in [7, 11) is 0. The van der Waals surface area contributed by atoms with Crippen LogP contribution in [0.1, 0.15) is 35.9 Å². The Hall–Kier alpha value is -2.11. The third-order valence-electron chi connectivity index (χ3n) is 2.21. The number of H-pyrrole nitrogens is 1. The van der Waals surface area contributed by atoms with E-state index in [1.54, 1.807) is 0 Å². The highest BCUT2D eigenvalue weighted by Gasteiger charge is 2.25. The van der Waals surface area contributed by atoms with Crippen molar-refractivity contribution in [1.82, 2.24) is 15.1 Å². The highest BCUT2D eigenvalue weighted by molar-refractivity contribution is 5.95. The van der Waals surface area contributed by atoms with Gasteiger partial charge in [-0.05, 0) is 0 Å². The number of hydrogen-bond acceptors (Lipinski definition) is 4. The molecule has 2 N–H and O–H groups in total. The summed E-state index contributed by atoms with van der Waals surface area (Å²) in [6, 6.07) is 0. The van der Waals surface area contributed by atoms with Gasteiger partial charge in [0.05, 0.1) is 18.2 Å². The molecule has 0 saturated carbocycles. The van der Waals surface area contributed by atoms with E-state index in [1.165, 1.54) is 12.5 Å². The average Bonchev–Trinajstić information content (AvgIpc) is 2.85. The Morgan fingerprint density at radius 3 is 2.81 bits per heavy atom. The molecule has 6 nitrogen and oxygen atoms in total. The van der Waals surface area contributed by atoms with Crippen LogP contribution in [0.3, 0.4) is 0 Å². The number of rotatable bonds is 3. The summed E-state index contributed by atoms with van der Waals surface area (Å²) in [6.45, 7) is 3.70. The van der Waals surface area contributed by atoms with Crippen molar-refractivity contribution < 1.29 is 14.4 Å². The van der Waals surface area contributed by atoms with E-state index in [9.17, 15) is 4.79 Å². The largest absolute Gasteiger partial charge is 0.477 e. The van der Waals surface area contributed by atoms with Gasteiger partial charge in [0.2, 0.25) is 0 Å². The van der Waals surface area contributed by atoms with Crippen molar-refractivity contribution in [2.75, 3.05) is 0 Å². The van der Waals surface area contributed by atoms with E-state index in [4.69, 9.17) is 9.63 Å².